The highest BCUT2D eigenvalue weighted by atomic mass is 15.2. The molecule has 3 atom stereocenters. The van der Waals surface area contributed by atoms with Gasteiger partial charge in [-0.05, 0) is 71.5 Å². The number of likely N-dealkylation sites (tertiary alicyclic amines) is 1. The first-order chi connectivity index (χ1) is 8.45. The molecule has 2 nitrogen and oxygen atoms in total. The van der Waals surface area contributed by atoms with Crippen LogP contribution in [-0.4, -0.2) is 36.6 Å². The minimum atomic E-state index is 0.306. The second-order valence-electron chi connectivity index (χ2n) is 6.64. The van der Waals surface area contributed by atoms with E-state index in [2.05, 4.69) is 51.9 Å². The highest BCUT2D eigenvalue weighted by molar-refractivity contribution is 4.94. The Hall–Kier alpha value is -0.0800. The third-order valence-electron chi connectivity index (χ3n) is 5.52. The molecule has 2 heteroatoms. The van der Waals surface area contributed by atoms with Crippen LogP contribution in [-0.2, 0) is 0 Å². The smallest absolute Gasteiger partial charge is 0.0328 e. The normalized spacial score (nSPS) is 27.8. The summed E-state index contributed by atoms with van der Waals surface area (Å²) in [6.07, 6.45) is 5.39. The van der Waals surface area contributed by atoms with Crippen molar-refractivity contribution in [3.63, 3.8) is 0 Å². The molecule has 1 N–H and O–H groups in total. The van der Waals surface area contributed by atoms with Crippen LogP contribution >= 0.6 is 0 Å². The molecule has 108 valence electrons. The fourth-order valence-electron chi connectivity index (χ4n) is 3.41. The molecule has 0 aromatic heterocycles. The summed E-state index contributed by atoms with van der Waals surface area (Å²) in [4.78, 5) is 2.75. The predicted octanol–water partition coefficient (Wildman–Crippen LogP) is 3.52. The highest BCUT2D eigenvalue weighted by Gasteiger charge is 2.36. The highest BCUT2D eigenvalue weighted by Crippen LogP contribution is 2.31. The van der Waals surface area contributed by atoms with Gasteiger partial charge in [0.15, 0.2) is 0 Å². The molecule has 1 rings (SSSR count). The van der Waals surface area contributed by atoms with Crippen LogP contribution in [0.25, 0.3) is 0 Å². The van der Waals surface area contributed by atoms with Gasteiger partial charge in [-0.15, -0.1) is 0 Å². The lowest BCUT2D eigenvalue weighted by Crippen LogP contribution is -2.57. The molecule has 1 aliphatic heterocycles. The number of likely N-dealkylation sites (N-methyl/N-ethyl adjacent to an activating group) is 1. The van der Waals surface area contributed by atoms with Crippen molar-refractivity contribution in [2.45, 2.75) is 71.9 Å². The van der Waals surface area contributed by atoms with Crippen molar-refractivity contribution < 1.29 is 0 Å². The van der Waals surface area contributed by atoms with Crippen LogP contribution in [0.5, 0.6) is 0 Å². The Kier molecular flexibility index (Phi) is 6.13. The number of nitrogens with zero attached hydrogens (tertiary/aromatic N) is 1. The van der Waals surface area contributed by atoms with Crippen LogP contribution < -0.4 is 5.32 Å². The van der Waals surface area contributed by atoms with E-state index in [0.717, 1.165) is 11.8 Å². The predicted molar refractivity (Wildman–Crippen MR) is 81.0 cm³/mol. The quantitative estimate of drug-likeness (QED) is 0.807. The summed E-state index contributed by atoms with van der Waals surface area (Å²) in [6, 6.07) is 0.554. The van der Waals surface area contributed by atoms with Crippen LogP contribution in [0.2, 0.25) is 0 Å². The Bertz CT molecular complexity index is 239. The van der Waals surface area contributed by atoms with E-state index in [-0.39, 0.29) is 0 Å². The SMILES string of the molecule is CCC(C)(C(C)NC)N1CCCC(C(C)C)CC1. The van der Waals surface area contributed by atoms with Crippen molar-refractivity contribution >= 4 is 0 Å². The summed E-state index contributed by atoms with van der Waals surface area (Å²) in [5, 5.41) is 3.47. The number of nitrogens with one attached hydrogen (secondary N) is 1. The first kappa shape index (κ1) is 16.0. The zero-order valence-corrected chi connectivity index (χ0v) is 13.4. The first-order valence-electron chi connectivity index (χ1n) is 7.88. The fraction of sp³-hybridized carbons (Fsp3) is 1.00. The van der Waals surface area contributed by atoms with E-state index in [1.807, 2.05) is 0 Å². The summed E-state index contributed by atoms with van der Waals surface area (Å²) in [6.45, 7) is 14.4. The third kappa shape index (κ3) is 3.48. The molecular weight excluding hydrogens is 220 g/mol. The third-order valence-corrected chi connectivity index (χ3v) is 5.52. The van der Waals surface area contributed by atoms with Gasteiger partial charge in [-0.3, -0.25) is 4.90 Å². The largest absolute Gasteiger partial charge is 0.315 e. The van der Waals surface area contributed by atoms with Gasteiger partial charge in [0.05, 0.1) is 0 Å². The van der Waals surface area contributed by atoms with Crippen molar-refractivity contribution in [3.05, 3.63) is 0 Å². The number of hydrogen-bond donors (Lipinski definition) is 1. The lowest BCUT2D eigenvalue weighted by atomic mass is 9.87. The van der Waals surface area contributed by atoms with Gasteiger partial charge in [-0.2, -0.15) is 0 Å². The fourth-order valence-corrected chi connectivity index (χ4v) is 3.41. The van der Waals surface area contributed by atoms with E-state index >= 15 is 0 Å². The van der Waals surface area contributed by atoms with Gasteiger partial charge in [-0.1, -0.05) is 20.8 Å². The second-order valence-corrected chi connectivity index (χ2v) is 6.64. The summed E-state index contributed by atoms with van der Waals surface area (Å²) in [5.74, 6) is 1.78. The van der Waals surface area contributed by atoms with Gasteiger partial charge in [0.1, 0.15) is 0 Å². The maximum atomic E-state index is 3.47. The molecule has 0 amide bonds. The first-order valence-corrected chi connectivity index (χ1v) is 7.88. The van der Waals surface area contributed by atoms with Crippen molar-refractivity contribution in [1.29, 1.82) is 0 Å². The molecule has 1 saturated heterocycles. The van der Waals surface area contributed by atoms with Crippen LogP contribution in [0.4, 0.5) is 0 Å². The summed E-state index contributed by atoms with van der Waals surface area (Å²) < 4.78 is 0. The zero-order valence-electron chi connectivity index (χ0n) is 13.4. The molecule has 0 bridgehead atoms. The van der Waals surface area contributed by atoms with E-state index in [9.17, 15) is 0 Å². The molecule has 3 unspecified atom stereocenters. The van der Waals surface area contributed by atoms with E-state index in [1.165, 1.54) is 38.8 Å². The minimum Gasteiger partial charge on any atom is -0.315 e. The molecule has 0 saturated carbocycles. The lowest BCUT2D eigenvalue weighted by Gasteiger charge is -2.45. The number of rotatable bonds is 5. The van der Waals surface area contributed by atoms with E-state index < -0.39 is 0 Å². The Labute approximate surface area is 115 Å². The Morgan fingerprint density at radius 2 is 1.89 bits per heavy atom. The zero-order chi connectivity index (χ0) is 13.8. The van der Waals surface area contributed by atoms with E-state index in [4.69, 9.17) is 0 Å². The van der Waals surface area contributed by atoms with Gasteiger partial charge in [-0.25, -0.2) is 0 Å². The van der Waals surface area contributed by atoms with Crippen molar-refractivity contribution in [1.82, 2.24) is 10.2 Å². The van der Waals surface area contributed by atoms with E-state index in [0.29, 0.717) is 11.6 Å². The summed E-state index contributed by atoms with van der Waals surface area (Å²) >= 11 is 0. The average Bonchev–Trinajstić information content (AvgIpc) is 2.62. The van der Waals surface area contributed by atoms with Crippen LogP contribution in [0, 0.1) is 11.8 Å². The van der Waals surface area contributed by atoms with E-state index in [1.54, 1.807) is 0 Å². The van der Waals surface area contributed by atoms with Gasteiger partial charge in [0.25, 0.3) is 0 Å². The molecule has 18 heavy (non-hydrogen) atoms. The van der Waals surface area contributed by atoms with Gasteiger partial charge in [0, 0.05) is 11.6 Å². The van der Waals surface area contributed by atoms with Crippen molar-refractivity contribution in [3.8, 4) is 0 Å². The molecule has 0 aliphatic carbocycles. The summed E-state index contributed by atoms with van der Waals surface area (Å²) in [5.41, 5.74) is 0.306. The van der Waals surface area contributed by atoms with Crippen LogP contribution in [0.3, 0.4) is 0 Å². The monoisotopic (exact) mass is 254 g/mol. The molecule has 0 aromatic carbocycles. The Balaban J connectivity index is 2.71. The van der Waals surface area contributed by atoms with Crippen molar-refractivity contribution in [2.75, 3.05) is 20.1 Å². The lowest BCUT2D eigenvalue weighted by molar-refractivity contribution is 0.0704. The molecule has 1 aliphatic rings. The van der Waals surface area contributed by atoms with Gasteiger partial charge >= 0.3 is 0 Å². The Morgan fingerprint density at radius 3 is 2.39 bits per heavy atom. The van der Waals surface area contributed by atoms with Crippen LogP contribution in [0.15, 0.2) is 0 Å². The summed E-state index contributed by atoms with van der Waals surface area (Å²) in [7, 11) is 2.09. The maximum Gasteiger partial charge on any atom is 0.0328 e. The standard InChI is InChI=1S/C16H34N2/c1-7-16(5,14(4)17-6)18-11-8-9-15(10-12-18)13(2)3/h13-15,17H,7-12H2,1-6H3. The maximum absolute atomic E-state index is 3.47. The molecule has 1 heterocycles. The Morgan fingerprint density at radius 1 is 1.22 bits per heavy atom. The van der Waals surface area contributed by atoms with Crippen molar-refractivity contribution in [2.24, 2.45) is 11.8 Å². The second kappa shape index (κ2) is 6.91. The van der Waals surface area contributed by atoms with Gasteiger partial charge in [0.2, 0.25) is 0 Å². The number of hydrogen-bond acceptors (Lipinski definition) is 2. The topological polar surface area (TPSA) is 15.3 Å². The van der Waals surface area contributed by atoms with Gasteiger partial charge < -0.3 is 5.32 Å². The minimum absolute atomic E-state index is 0.306. The molecule has 0 radical (unpaired) electrons. The van der Waals surface area contributed by atoms with Crippen LogP contribution in [0.1, 0.15) is 60.3 Å². The average molecular weight is 254 g/mol. The molecule has 1 fully saturated rings. The molecular formula is C16H34N2. The molecule has 0 spiro atoms. The molecule has 0 aromatic rings.